The number of aryl methyl sites for hydroxylation is 1. The second-order valence-electron chi connectivity index (χ2n) is 6.28. The molecular formula is C21H26N6. The summed E-state index contributed by atoms with van der Waals surface area (Å²) in [7, 11) is 0. The molecule has 6 nitrogen and oxygen atoms in total. The smallest absolute Gasteiger partial charge is 0.229 e. The van der Waals surface area contributed by atoms with Crippen LogP contribution in [0, 0.1) is 6.92 Å². The molecule has 140 valence electrons. The number of aromatic nitrogens is 3. The zero-order valence-corrected chi connectivity index (χ0v) is 16.1. The molecule has 1 aromatic carbocycles. The van der Waals surface area contributed by atoms with Crippen LogP contribution in [0.2, 0.25) is 0 Å². The first-order valence-electron chi connectivity index (χ1n) is 9.28. The lowest BCUT2D eigenvalue weighted by Crippen LogP contribution is -2.21. The molecule has 0 aliphatic rings. The van der Waals surface area contributed by atoms with E-state index in [0.717, 1.165) is 35.9 Å². The molecule has 27 heavy (non-hydrogen) atoms. The molecule has 0 aliphatic carbocycles. The minimum absolute atomic E-state index is 0.583. The van der Waals surface area contributed by atoms with Crippen LogP contribution in [-0.4, -0.2) is 28.0 Å². The van der Waals surface area contributed by atoms with Crippen LogP contribution in [0.4, 0.5) is 23.1 Å². The molecule has 0 atom stereocenters. The lowest BCUT2D eigenvalue weighted by atomic mass is 10.2. The number of nitrogens with zero attached hydrogens (tertiary/aromatic N) is 4. The second kappa shape index (κ2) is 8.98. The number of benzene rings is 1. The van der Waals surface area contributed by atoms with Crippen LogP contribution < -0.4 is 15.5 Å². The third kappa shape index (κ3) is 5.17. The Hall–Kier alpha value is -3.15. The molecule has 6 heteroatoms. The van der Waals surface area contributed by atoms with Gasteiger partial charge >= 0.3 is 0 Å². The Morgan fingerprint density at radius 2 is 1.78 bits per heavy atom. The largest absolute Gasteiger partial charge is 0.372 e. The molecule has 3 aromatic rings. The first-order valence-corrected chi connectivity index (χ1v) is 9.28. The summed E-state index contributed by atoms with van der Waals surface area (Å²) in [5, 5.41) is 6.62. The van der Waals surface area contributed by atoms with E-state index in [1.165, 1.54) is 5.69 Å². The Labute approximate surface area is 160 Å². The summed E-state index contributed by atoms with van der Waals surface area (Å²) in [5.74, 6) is 1.37. The zero-order chi connectivity index (χ0) is 19.1. The van der Waals surface area contributed by atoms with E-state index in [0.29, 0.717) is 12.5 Å². The molecule has 0 amide bonds. The lowest BCUT2D eigenvalue weighted by Gasteiger charge is -2.21. The van der Waals surface area contributed by atoms with Crippen LogP contribution in [0.1, 0.15) is 25.1 Å². The predicted molar refractivity (Wildman–Crippen MR) is 112 cm³/mol. The van der Waals surface area contributed by atoms with E-state index in [1.54, 1.807) is 6.20 Å². The van der Waals surface area contributed by atoms with E-state index < -0.39 is 0 Å². The number of pyridine rings is 1. The normalized spacial score (nSPS) is 10.5. The topological polar surface area (TPSA) is 66.0 Å². The number of rotatable bonds is 8. The van der Waals surface area contributed by atoms with Gasteiger partial charge in [0.1, 0.15) is 5.82 Å². The van der Waals surface area contributed by atoms with E-state index in [2.05, 4.69) is 68.6 Å². The molecule has 0 spiro atoms. The van der Waals surface area contributed by atoms with Gasteiger partial charge in [0.25, 0.3) is 0 Å². The van der Waals surface area contributed by atoms with Gasteiger partial charge in [0, 0.05) is 55.2 Å². The van der Waals surface area contributed by atoms with Crippen molar-refractivity contribution in [2.45, 2.75) is 27.3 Å². The summed E-state index contributed by atoms with van der Waals surface area (Å²) in [6.07, 6.45) is 3.61. The fourth-order valence-corrected chi connectivity index (χ4v) is 2.88. The van der Waals surface area contributed by atoms with Crippen molar-refractivity contribution in [3.8, 4) is 0 Å². The summed E-state index contributed by atoms with van der Waals surface area (Å²) in [6, 6.07) is 14.2. The number of anilines is 4. The van der Waals surface area contributed by atoms with Gasteiger partial charge < -0.3 is 15.5 Å². The van der Waals surface area contributed by atoms with Crippen molar-refractivity contribution in [3.63, 3.8) is 0 Å². The second-order valence-corrected chi connectivity index (χ2v) is 6.28. The molecule has 2 aromatic heterocycles. The van der Waals surface area contributed by atoms with Crippen molar-refractivity contribution < 1.29 is 0 Å². The highest BCUT2D eigenvalue weighted by Gasteiger charge is 2.05. The molecule has 3 rings (SSSR count). The standard InChI is InChI=1S/C21H26N6/c1-4-27(5-2)19-10-8-18(9-11-19)25-21-24-16(3)13-20(26-21)23-15-17-7-6-12-22-14-17/h6-14H,4-5,15H2,1-3H3,(H2,23,24,25,26). The van der Waals surface area contributed by atoms with Gasteiger partial charge in [-0.15, -0.1) is 0 Å². The highest BCUT2D eigenvalue weighted by molar-refractivity contribution is 5.60. The van der Waals surface area contributed by atoms with Crippen molar-refractivity contribution in [2.75, 3.05) is 28.6 Å². The van der Waals surface area contributed by atoms with Crippen molar-refractivity contribution in [1.82, 2.24) is 15.0 Å². The molecule has 0 aliphatic heterocycles. The van der Waals surface area contributed by atoms with Gasteiger partial charge in [-0.1, -0.05) is 6.07 Å². The van der Waals surface area contributed by atoms with Gasteiger partial charge in [-0.3, -0.25) is 4.98 Å². The minimum Gasteiger partial charge on any atom is -0.372 e. The molecule has 0 saturated heterocycles. The zero-order valence-electron chi connectivity index (χ0n) is 16.1. The van der Waals surface area contributed by atoms with Crippen LogP contribution in [0.3, 0.4) is 0 Å². The maximum atomic E-state index is 4.57. The van der Waals surface area contributed by atoms with Crippen LogP contribution in [-0.2, 0) is 6.54 Å². The average molecular weight is 362 g/mol. The Bertz CT molecular complexity index is 844. The van der Waals surface area contributed by atoms with E-state index in [9.17, 15) is 0 Å². The van der Waals surface area contributed by atoms with Crippen LogP contribution in [0.25, 0.3) is 0 Å². The summed E-state index contributed by atoms with van der Waals surface area (Å²) < 4.78 is 0. The number of hydrogen-bond acceptors (Lipinski definition) is 6. The molecule has 2 heterocycles. The minimum atomic E-state index is 0.583. The Morgan fingerprint density at radius 3 is 2.44 bits per heavy atom. The van der Waals surface area contributed by atoms with Gasteiger partial charge in [-0.2, -0.15) is 4.98 Å². The third-order valence-corrected chi connectivity index (χ3v) is 4.30. The van der Waals surface area contributed by atoms with Gasteiger partial charge in [0.05, 0.1) is 0 Å². The summed E-state index contributed by atoms with van der Waals surface area (Å²) in [5.41, 5.74) is 4.19. The van der Waals surface area contributed by atoms with Crippen LogP contribution in [0.5, 0.6) is 0 Å². The number of nitrogens with one attached hydrogen (secondary N) is 2. The first-order chi connectivity index (χ1) is 13.2. The maximum Gasteiger partial charge on any atom is 0.229 e. The average Bonchev–Trinajstić information content (AvgIpc) is 2.69. The van der Waals surface area contributed by atoms with Crippen LogP contribution >= 0.6 is 0 Å². The van der Waals surface area contributed by atoms with E-state index >= 15 is 0 Å². The molecule has 0 fully saturated rings. The SMILES string of the molecule is CCN(CC)c1ccc(Nc2nc(C)cc(NCc3cccnc3)n2)cc1. The maximum absolute atomic E-state index is 4.57. The van der Waals surface area contributed by atoms with Crippen molar-refractivity contribution >= 4 is 23.1 Å². The lowest BCUT2D eigenvalue weighted by molar-refractivity contribution is 0.866. The van der Waals surface area contributed by atoms with Crippen molar-refractivity contribution in [3.05, 3.63) is 66.1 Å². The fourth-order valence-electron chi connectivity index (χ4n) is 2.88. The van der Waals surface area contributed by atoms with Crippen molar-refractivity contribution in [2.24, 2.45) is 0 Å². The summed E-state index contributed by atoms with van der Waals surface area (Å²) >= 11 is 0. The van der Waals surface area contributed by atoms with E-state index in [4.69, 9.17) is 0 Å². The molecule has 0 radical (unpaired) electrons. The molecule has 2 N–H and O–H groups in total. The molecular weight excluding hydrogens is 336 g/mol. The quantitative estimate of drug-likeness (QED) is 0.620. The van der Waals surface area contributed by atoms with E-state index in [1.807, 2.05) is 31.3 Å². The van der Waals surface area contributed by atoms with Gasteiger partial charge in [0.2, 0.25) is 5.95 Å². The Morgan fingerprint density at radius 1 is 1.00 bits per heavy atom. The monoisotopic (exact) mass is 362 g/mol. The van der Waals surface area contributed by atoms with Gasteiger partial charge in [-0.25, -0.2) is 4.98 Å². The number of hydrogen-bond donors (Lipinski definition) is 2. The molecule has 0 unspecified atom stereocenters. The highest BCUT2D eigenvalue weighted by Crippen LogP contribution is 2.20. The highest BCUT2D eigenvalue weighted by atomic mass is 15.1. The summed E-state index contributed by atoms with van der Waals surface area (Å²) in [4.78, 5) is 15.5. The van der Waals surface area contributed by atoms with Gasteiger partial charge in [-0.05, 0) is 56.7 Å². The Kier molecular flexibility index (Phi) is 6.20. The molecule has 0 saturated carbocycles. The predicted octanol–water partition coefficient (Wildman–Crippen LogP) is 4.38. The fraction of sp³-hybridized carbons (Fsp3) is 0.286. The first kappa shape index (κ1) is 18.6. The van der Waals surface area contributed by atoms with Gasteiger partial charge in [0.15, 0.2) is 0 Å². The van der Waals surface area contributed by atoms with Crippen LogP contribution in [0.15, 0.2) is 54.9 Å². The summed E-state index contributed by atoms with van der Waals surface area (Å²) in [6.45, 7) is 8.95. The molecule has 0 bridgehead atoms. The van der Waals surface area contributed by atoms with E-state index in [-0.39, 0.29) is 0 Å². The third-order valence-electron chi connectivity index (χ3n) is 4.30. The Balaban J connectivity index is 1.68. The van der Waals surface area contributed by atoms with Crippen molar-refractivity contribution in [1.29, 1.82) is 0 Å².